The molecule has 0 amide bonds. The van der Waals surface area contributed by atoms with Crippen molar-refractivity contribution in [3.05, 3.63) is 70.7 Å². The SMILES string of the molecule is CCOCc1cc2cc(Cl)ccc2oc1=Nc1ccccc1. The van der Waals surface area contributed by atoms with Gasteiger partial charge in [0.1, 0.15) is 5.58 Å². The number of nitrogens with zero attached hydrogens (tertiary/aromatic N) is 1. The van der Waals surface area contributed by atoms with Gasteiger partial charge in [0.25, 0.3) is 0 Å². The lowest BCUT2D eigenvalue weighted by atomic mass is 10.2. The number of ether oxygens (including phenoxy) is 1. The first kappa shape index (κ1) is 14.8. The van der Waals surface area contributed by atoms with E-state index in [0.29, 0.717) is 23.8 Å². The molecule has 0 atom stereocenters. The Kier molecular flexibility index (Phi) is 4.56. The van der Waals surface area contributed by atoms with Crippen molar-refractivity contribution in [1.29, 1.82) is 0 Å². The van der Waals surface area contributed by atoms with Gasteiger partial charge in [0.15, 0.2) is 0 Å². The zero-order chi connectivity index (χ0) is 15.4. The van der Waals surface area contributed by atoms with E-state index in [2.05, 4.69) is 4.99 Å². The molecule has 1 heterocycles. The molecule has 0 bridgehead atoms. The first-order valence-corrected chi connectivity index (χ1v) is 7.54. The molecule has 0 radical (unpaired) electrons. The lowest BCUT2D eigenvalue weighted by molar-refractivity contribution is 0.131. The van der Waals surface area contributed by atoms with Crippen LogP contribution in [-0.4, -0.2) is 6.61 Å². The van der Waals surface area contributed by atoms with Crippen molar-refractivity contribution in [3.63, 3.8) is 0 Å². The number of fused-ring (bicyclic) bond motifs is 1. The number of hydrogen-bond acceptors (Lipinski definition) is 3. The minimum absolute atomic E-state index is 0.453. The summed E-state index contributed by atoms with van der Waals surface area (Å²) < 4.78 is 11.5. The molecule has 22 heavy (non-hydrogen) atoms. The standard InChI is InChI=1S/C18H16ClNO2/c1-2-21-12-14-10-13-11-15(19)8-9-17(13)22-18(14)20-16-6-4-3-5-7-16/h3-11H,2,12H2,1H3. The van der Waals surface area contributed by atoms with Gasteiger partial charge in [-0.3, -0.25) is 0 Å². The van der Waals surface area contributed by atoms with Crippen LogP contribution < -0.4 is 5.55 Å². The lowest BCUT2D eigenvalue weighted by Gasteiger charge is -2.05. The molecule has 0 saturated carbocycles. The second-order valence-corrected chi connectivity index (χ2v) is 5.28. The summed E-state index contributed by atoms with van der Waals surface area (Å²) in [5, 5.41) is 1.62. The molecule has 3 rings (SSSR count). The van der Waals surface area contributed by atoms with Gasteiger partial charge in [-0.1, -0.05) is 29.8 Å². The number of rotatable bonds is 4. The molecule has 0 spiro atoms. The lowest BCUT2D eigenvalue weighted by Crippen LogP contribution is -2.10. The maximum Gasteiger partial charge on any atom is 0.225 e. The number of para-hydroxylation sites is 1. The Balaban J connectivity index is 2.17. The molecule has 3 aromatic rings. The fourth-order valence-corrected chi connectivity index (χ4v) is 2.35. The molecule has 112 valence electrons. The van der Waals surface area contributed by atoms with Crippen LogP contribution in [0.25, 0.3) is 11.0 Å². The molecule has 0 saturated heterocycles. The Hall–Kier alpha value is -2.10. The van der Waals surface area contributed by atoms with Crippen LogP contribution in [0.4, 0.5) is 5.69 Å². The molecule has 0 unspecified atom stereocenters. The fraction of sp³-hybridized carbons (Fsp3) is 0.167. The second kappa shape index (κ2) is 6.77. The zero-order valence-electron chi connectivity index (χ0n) is 12.3. The summed E-state index contributed by atoms with van der Waals surface area (Å²) in [6, 6.07) is 17.3. The van der Waals surface area contributed by atoms with E-state index in [1.54, 1.807) is 0 Å². The molecule has 0 fully saturated rings. The average molecular weight is 314 g/mol. The van der Waals surface area contributed by atoms with E-state index in [1.165, 1.54) is 0 Å². The van der Waals surface area contributed by atoms with E-state index in [9.17, 15) is 0 Å². The molecule has 0 aliphatic rings. The zero-order valence-corrected chi connectivity index (χ0v) is 13.0. The minimum atomic E-state index is 0.453. The van der Waals surface area contributed by atoms with Gasteiger partial charge in [-0.25, -0.2) is 4.99 Å². The van der Waals surface area contributed by atoms with Crippen LogP contribution in [0.1, 0.15) is 12.5 Å². The van der Waals surface area contributed by atoms with Gasteiger partial charge < -0.3 is 9.15 Å². The van der Waals surface area contributed by atoms with Crippen molar-refractivity contribution in [1.82, 2.24) is 0 Å². The average Bonchev–Trinajstić information content (AvgIpc) is 2.54. The van der Waals surface area contributed by atoms with Gasteiger partial charge in [0.2, 0.25) is 5.55 Å². The Morgan fingerprint density at radius 1 is 1.09 bits per heavy atom. The Bertz CT molecular complexity index is 841. The highest BCUT2D eigenvalue weighted by atomic mass is 35.5. The largest absolute Gasteiger partial charge is 0.438 e. The van der Waals surface area contributed by atoms with Gasteiger partial charge in [-0.2, -0.15) is 0 Å². The van der Waals surface area contributed by atoms with Gasteiger partial charge in [-0.05, 0) is 43.3 Å². The van der Waals surface area contributed by atoms with E-state index >= 15 is 0 Å². The molecular formula is C18H16ClNO2. The van der Waals surface area contributed by atoms with Crippen molar-refractivity contribution >= 4 is 28.3 Å². The van der Waals surface area contributed by atoms with Crippen LogP contribution in [0.2, 0.25) is 5.02 Å². The van der Waals surface area contributed by atoms with Crippen molar-refractivity contribution < 1.29 is 9.15 Å². The molecule has 0 aliphatic carbocycles. The van der Waals surface area contributed by atoms with Gasteiger partial charge >= 0.3 is 0 Å². The smallest absolute Gasteiger partial charge is 0.225 e. The number of halogens is 1. The predicted octanol–water partition coefficient (Wildman–Crippen LogP) is 4.86. The highest BCUT2D eigenvalue weighted by molar-refractivity contribution is 6.31. The van der Waals surface area contributed by atoms with Crippen LogP contribution >= 0.6 is 11.6 Å². The van der Waals surface area contributed by atoms with Gasteiger partial charge in [0, 0.05) is 22.6 Å². The molecule has 4 heteroatoms. The third-order valence-electron chi connectivity index (χ3n) is 3.23. The topological polar surface area (TPSA) is 34.7 Å². The summed E-state index contributed by atoms with van der Waals surface area (Å²) in [5.74, 6) is 0. The summed E-state index contributed by atoms with van der Waals surface area (Å²) in [5.41, 5.74) is 3.06. The quantitative estimate of drug-likeness (QED) is 0.689. The molecule has 3 nitrogen and oxygen atoms in total. The summed E-state index contributed by atoms with van der Waals surface area (Å²) in [6.45, 7) is 3.05. The van der Waals surface area contributed by atoms with E-state index in [1.807, 2.05) is 61.5 Å². The minimum Gasteiger partial charge on any atom is -0.438 e. The Morgan fingerprint density at radius 3 is 2.68 bits per heavy atom. The van der Waals surface area contributed by atoms with Crippen molar-refractivity contribution in [2.45, 2.75) is 13.5 Å². The third kappa shape index (κ3) is 3.38. The molecule has 0 N–H and O–H groups in total. The van der Waals surface area contributed by atoms with E-state index < -0.39 is 0 Å². The van der Waals surface area contributed by atoms with E-state index in [4.69, 9.17) is 20.8 Å². The van der Waals surface area contributed by atoms with Crippen molar-refractivity contribution in [2.24, 2.45) is 4.99 Å². The summed E-state index contributed by atoms with van der Waals surface area (Å²) in [4.78, 5) is 4.59. The maximum absolute atomic E-state index is 6.05. The van der Waals surface area contributed by atoms with Gasteiger partial charge in [-0.15, -0.1) is 0 Å². The molecule has 1 aromatic heterocycles. The first-order chi connectivity index (χ1) is 10.8. The first-order valence-electron chi connectivity index (χ1n) is 7.16. The number of hydrogen-bond donors (Lipinski definition) is 0. The second-order valence-electron chi connectivity index (χ2n) is 4.84. The predicted molar refractivity (Wildman–Crippen MR) is 88.2 cm³/mol. The van der Waals surface area contributed by atoms with Crippen LogP contribution in [0, 0.1) is 0 Å². The van der Waals surface area contributed by atoms with E-state index in [-0.39, 0.29) is 0 Å². The highest BCUT2D eigenvalue weighted by Crippen LogP contribution is 2.20. The van der Waals surface area contributed by atoms with Crippen LogP contribution in [0.5, 0.6) is 0 Å². The summed E-state index contributed by atoms with van der Waals surface area (Å²) >= 11 is 6.05. The maximum atomic E-state index is 6.05. The summed E-state index contributed by atoms with van der Waals surface area (Å²) in [7, 11) is 0. The normalized spacial score (nSPS) is 12.0. The Labute approximate surface area is 133 Å². The van der Waals surface area contributed by atoms with E-state index in [0.717, 1.165) is 22.2 Å². The number of benzene rings is 2. The molecular weight excluding hydrogens is 298 g/mol. The van der Waals surface area contributed by atoms with Crippen LogP contribution in [0.15, 0.2) is 64.0 Å². The fourth-order valence-electron chi connectivity index (χ4n) is 2.17. The highest BCUT2D eigenvalue weighted by Gasteiger charge is 2.05. The monoisotopic (exact) mass is 313 g/mol. The van der Waals surface area contributed by atoms with Crippen LogP contribution in [0.3, 0.4) is 0 Å². The molecule has 2 aromatic carbocycles. The third-order valence-corrected chi connectivity index (χ3v) is 3.47. The van der Waals surface area contributed by atoms with Crippen molar-refractivity contribution in [3.8, 4) is 0 Å². The van der Waals surface area contributed by atoms with Crippen molar-refractivity contribution in [2.75, 3.05) is 6.61 Å². The Morgan fingerprint density at radius 2 is 1.91 bits per heavy atom. The molecule has 0 aliphatic heterocycles. The van der Waals surface area contributed by atoms with Gasteiger partial charge in [0.05, 0.1) is 12.3 Å². The van der Waals surface area contributed by atoms with Crippen LogP contribution in [-0.2, 0) is 11.3 Å². The summed E-state index contributed by atoms with van der Waals surface area (Å²) in [6.07, 6.45) is 0.